The van der Waals surface area contributed by atoms with Gasteiger partial charge in [-0.1, -0.05) is 17.3 Å². The second-order valence-corrected chi connectivity index (χ2v) is 4.64. The highest BCUT2D eigenvalue weighted by molar-refractivity contribution is 5.93. The van der Waals surface area contributed by atoms with Crippen molar-refractivity contribution in [2.24, 2.45) is 5.92 Å². The van der Waals surface area contributed by atoms with Crippen LogP contribution in [0.5, 0.6) is 0 Å². The van der Waals surface area contributed by atoms with Gasteiger partial charge in [0.1, 0.15) is 5.82 Å². The van der Waals surface area contributed by atoms with Crippen molar-refractivity contribution in [3.8, 4) is 0 Å². The molecule has 2 atom stereocenters. The van der Waals surface area contributed by atoms with E-state index in [0.717, 1.165) is 12.0 Å². The molecule has 19 heavy (non-hydrogen) atoms. The number of hydrogen-bond donors (Lipinski definition) is 1. The predicted molar refractivity (Wildman–Crippen MR) is 64.9 cm³/mol. The van der Waals surface area contributed by atoms with E-state index in [0.29, 0.717) is 5.82 Å². The Morgan fingerprint density at radius 3 is 2.79 bits per heavy atom. The summed E-state index contributed by atoms with van der Waals surface area (Å²) in [7, 11) is 0. The normalized spacial score (nSPS) is 21.2. The number of anilines is 1. The summed E-state index contributed by atoms with van der Waals surface area (Å²) in [6.45, 7) is 1.68. The molecule has 5 nitrogen and oxygen atoms in total. The Morgan fingerprint density at radius 1 is 1.42 bits per heavy atom. The van der Waals surface area contributed by atoms with Gasteiger partial charge in [0, 0.05) is 5.92 Å². The molecule has 0 bridgehead atoms. The van der Waals surface area contributed by atoms with Gasteiger partial charge >= 0.3 is 6.01 Å². The van der Waals surface area contributed by atoms with Crippen molar-refractivity contribution >= 4 is 11.9 Å². The largest absolute Gasteiger partial charge is 0.328 e. The molecule has 1 heterocycles. The predicted octanol–water partition coefficient (Wildman–Crippen LogP) is 2.26. The lowest BCUT2D eigenvalue weighted by molar-refractivity contribution is -0.117. The third-order valence-corrected chi connectivity index (χ3v) is 3.18. The Hall–Kier alpha value is -2.24. The molecule has 98 valence electrons. The second kappa shape index (κ2) is 4.46. The number of aromatic nitrogens is 2. The first kappa shape index (κ1) is 11.8. The minimum absolute atomic E-state index is 0.113. The van der Waals surface area contributed by atoms with E-state index in [1.165, 1.54) is 12.1 Å². The fourth-order valence-electron chi connectivity index (χ4n) is 2.11. The van der Waals surface area contributed by atoms with Crippen molar-refractivity contribution < 1.29 is 13.7 Å². The summed E-state index contributed by atoms with van der Waals surface area (Å²) in [5, 5.41) is 6.18. The van der Waals surface area contributed by atoms with Crippen LogP contribution in [0.15, 0.2) is 28.8 Å². The lowest BCUT2D eigenvalue weighted by Gasteiger charge is -2.00. The van der Waals surface area contributed by atoms with Gasteiger partial charge in [-0.3, -0.25) is 10.1 Å². The van der Waals surface area contributed by atoms with Crippen molar-refractivity contribution in [1.82, 2.24) is 10.1 Å². The van der Waals surface area contributed by atoms with Crippen LogP contribution < -0.4 is 5.32 Å². The number of halogens is 1. The van der Waals surface area contributed by atoms with E-state index >= 15 is 0 Å². The molecule has 2 aromatic rings. The average molecular weight is 261 g/mol. The van der Waals surface area contributed by atoms with Gasteiger partial charge in [0.2, 0.25) is 5.91 Å². The maximum Gasteiger partial charge on any atom is 0.328 e. The van der Waals surface area contributed by atoms with Crippen molar-refractivity contribution in [2.75, 3.05) is 5.32 Å². The molecule has 0 aliphatic heterocycles. The molecule has 3 rings (SSSR count). The first-order valence-corrected chi connectivity index (χ1v) is 6.00. The summed E-state index contributed by atoms with van der Waals surface area (Å²) in [5.41, 5.74) is 0.975. The van der Waals surface area contributed by atoms with Gasteiger partial charge in [-0.25, -0.2) is 4.39 Å². The van der Waals surface area contributed by atoms with Crippen LogP contribution in [0.25, 0.3) is 0 Å². The van der Waals surface area contributed by atoms with Crippen molar-refractivity contribution in [3.63, 3.8) is 0 Å². The minimum Gasteiger partial charge on any atom is -0.315 e. The maximum atomic E-state index is 12.8. The van der Waals surface area contributed by atoms with E-state index in [4.69, 9.17) is 4.52 Å². The Bertz CT molecular complexity index is 609. The monoisotopic (exact) mass is 261 g/mol. The number of rotatable bonds is 3. The Balaban J connectivity index is 1.63. The highest BCUT2D eigenvalue weighted by atomic mass is 19.1. The molecule has 1 aromatic carbocycles. The van der Waals surface area contributed by atoms with E-state index in [2.05, 4.69) is 15.5 Å². The SMILES string of the molecule is Cc1noc(NC(=O)[C@H]2C[C@@H]2c2ccc(F)cc2)n1. The zero-order valence-electron chi connectivity index (χ0n) is 10.3. The van der Waals surface area contributed by atoms with Gasteiger partial charge in [-0.15, -0.1) is 0 Å². The Morgan fingerprint density at radius 2 is 2.16 bits per heavy atom. The molecule has 1 aliphatic rings. The molecule has 0 radical (unpaired) electrons. The summed E-state index contributed by atoms with van der Waals surface area (Å²) < 4.78 is 17.6. The van der Waals surface area contributed by atoms with Gasteiger partial charge in [-0.05, 0) is 37.0 Å². The molecule has 6 heteroatoms. The van der Waals surface area contributed by atoms with Crippen LogP contribution in [0.4, 0.5) is 10.4 Å². The summed E-state index contributed by atoms with van der Waals surface area (Å²) in [6.07, 6.45) is 0.755. The molecule has 0 saturated heterocycles. The molecule has 0 spiro atoms. The zero-order valence-corrected chi connectivity index (χ0v) is 10.3. The molecular weight excluding hydrogens is 249 g/mol. The van der Waals surface area contributed by atoms with Crippen LogP contribution >= 0.6 is 0 Å². The van der Waals surface area contributed by atoms with Crippen LogP contribution in [0.2, 0.25) is 0 Å². The highest BCUT2D eigenvalue weighted by Gasteiger charge is 2.44. The Kier molecular flexibility index (Phi) is 2.77. The number of carbonyl (C=O) groups is 1. The van der Waals surface area contributed by atoms with Crippen LogP contribution in [0.3, 0.4) is 0 Å². The smallest absolute Gasteiger partial charge is 0.315 e. The lowest BCUT2D eigenvalue weighted by atomic mass is 10.1. The number of carbonyl (C=O) groups excluding carboxylic acids is 1. The van der Waals surface area contributed by atoms with Gasteiger partial charge in [0.15, 0.2) is 5.82 Å². The number of hydrogen-bond acceptors (Lipinski definition) is 4. The van der Waals surface area contributed by atoms with Crippen LogP contribution in [0, 0.1) is 18.7 Å². The van der Waals surface area contributed by atoms with E-state index in [9.17, 15) is 9.18 Å². The molecule has 1 amide bonds. The molecule has 1 saturated carbocycles. The fourth-order valence-corrected chi connectivity index (χ4v) is 2.11. The topological polar surface area (TPSA) is 68.0 Å². The molecule has 1 N–H and O–H groups in total. The third kappa shape index (κ3) is 2.47. The third-order valence-electron chi connectivity index (χ3n) is 3.18. The van der Waals surface area contributed by atoms with Crippen molar-refractivity contribution in [3.05, 3.63) is 41.5 Å². The van der Waals surface area contributed by atoms with E-state index in [1.54, 1.807) is 19.1 Å². The molecule has 1 fully saturated rings. The van der Waals surface area contributed by atoms with E-state index in [1.807, 2.05) is 0 Å². The first-order chi connectivity index (χ1) is 9.13. The number of amides is 1. The van der Waals surface area contributed by atoms with Crippen LogP contribution in [-0.2, 0) is 4.79 Å². The molecule has 1 aromatic heterocycles. The van der Waals surface area contributed by atoms with E-state index < -0.39 is 0 Å². The first-order valence-electron chi connectivity index (χ1n) is 6.00. The van der Waals surface area contributed by atoms with Gasteiger partial charge < -0.3 is 4.52 Å². The quantitative estimate of drug-likeness (QED) is 0.920. The van der Waals surface area contributed by atoms with E-state index in [-0.39, 0.29) is 29.6 Å². The van der Waals surface area contributed by atoms with Gasteiger partial charge in [0.25, 0.3) is 0 Å². The maximum absolute atomic E-state index is 12.8. The summed E-state index contributed by atoms with van der Waals surface area (Å²) in [4.78, 5) is 15.8. The number of benzene rings is 1. The molecule has 1 aliphatic carbocycles. The second-order valence-electron chi connectivity index (χ2n) is 4.64. The fraction of sp³-hybridized carbons (Fsp3) is 0.308. The number of aryl methyl sites for hydroxylation is 1. The number of nitrogens with one attached hydrogen (secondary N) is 1. The van der Waals surface area contributed by atoms with Crippen molar-refractivity contribution in [1.29, 1.82) is 0 Å². The minimum atomic E-state index is -0.272. The highest BCUT2D eigenvalue weighted by Crippen LogP contribution is 2.47. The zero-order chi connectivity index (χ0) is 13.4. The van der Waals surface area contributed by atoms with Crippen molar-refractivity contribution in [2.45, 2.75) is 19.3 Å². The Labute approximate surface area is 108 Å². The van der Waals surface area contributed by atoms with Gasteiger partial charge in [-0.2, -0.15) is 4.98 Å². The lowest BCUT2D eigenvalue weighted by Crippen LogP contribution is -2.14. The number of nitrogens with zero attached hydrogens (tertiary/aromatic N) is 2. The molecule has 0 unspecified atom stereocenters. The summed E-state index contributed by atoms with van der Waals surface area (Å²) >= 11 is 0. The van der Waals surface area contributed by atoms with Crippen LogP contribution in [-0.4, -0.2) is 16.0 Å². The average Bonchev–Trinajstić information content (AvgIpc) is 3.08. The molecular formula is C13H12FN3O2. The summed E-state index contributed by atoms with van der Waals surface area (Å²) in [5.74, 6) is 0.0909. The summed E-state index contributed by atoms with van der Waals surface area (Å²) in [6, 6.07) is 6.36. The van der Waals surface area contributed by atoms with Gasteiger partial charge in [0.05, 0.1) is 0 Å². The standard InChI is InChI=1S/C13H12FN3O2/c1-7-15-13(19-17-7)16-12(18)11-6-10(11)8-2-4-9(14)5-3-8/h2-5,10-11H,6H2,1H3,(H,15,16,17,18)/t10-,11+/m1/s1. The van der Waals surface area contributed by atoms with Crippen LogP contribution in [0.1, 0.15) is 23.7 Å².